The fourth-order valence-electron chi connectivity index (χ4n) is 3.19. The van der Waals surface area contributed by atoms with Gasteiger partial charge >= 0.3 is 0 Å². The molecule has 120 valence electrons. The number of aromatic nitrogens is 4. The van der Waals surface area contributed by atoms with Crippen molar-refractivity contribution in [1.29, 1.82) is 0 Å². The molecular weight excluding hydrogens is 302 g/mol. The third-order valence-corrected chi connectivity index (χ3v) is 6.10. The van der Waals surface area contributed by atoms with Crippen molar-refractivity contribution < 1.29 is 8.42 Å². The largest absolute Gasteiger partial charge is 0.336 e. The van der Waals surface area contributed by atoms with Crippen molar-refractivity contribution in [1.82, 2.24) is 23.6 Å². The second kappa shape index (κ2) is 5.20. The monoisotopic (exact) mass is 323 g/mol. The Balaban J connectivity index is 2.03. The fraction of sp³-hybridized carbons (Fsp3) is 0.571. The molecule has 0 saturated carbocycles. The molecule has 22 heavy (non-hydrogen) atoms. The summed E-state index contributed by atoms with van der Waals surface area (Å²) in [5.74, 6) is 0.806. The molecule has 0 aromatic carbocycles. The summed E-state index contributed by atoms with van der Waals surface area (Å²) >= 11 is 0. The van der Waals surface area contributed by atoms with E-state index in [9.17, 15) is 8.42 Å². The molecule has 1 aliphatic rings. The quantitative estimate of drug-likeness (QED) is 0.853. The van der Waals surface area contributed by atoms with Crippen LogP contribution in [0.4, 0.5) is 0 Å². The fourth-order valence-corrected chi connectivity index (χ4v) is 5.04. The zero-order valence-electron chi connectivity index (χ0n) is 13.3. The molecule has 0 bridgehead atoms. The number of sulfonamides is 1. The number of rotatable bonds is 3. The second-order valence-electron chi connectivity index (χ2n) is 5.88. The second-order valence-corrected chi connectivity index (χ2v) is 7.74. The number of nitrogens with zero attached hydrogens (tertiary/aromatic N) is 5. The summed E-state index contributed by atoms with van der Waals surface area (Å²) in [7, 11) is 0.0855. The van der Waals surface area contributed by atoms with Gasteiger partial charge < -0.3 is 4.57 Å². The SMILES string of the molecule is Cc1cn(C)c(C2CCCN2S(=O)(=O)c2cn(C)nc2C)n1. The molecule has 1 fully saturated rings. The maximum Gasteiger partial charge on any atom is 0.247 e. The normalized spacial score (nSPS) is 19.9. The van der Waals surface area contributed by atoms with Crippen molar-refractivity contribution in [3.8, 4) is 0 Å². The molecule has 3 rings (SSSR count). The topological polar surface area (TPSA) is 73.0 Å². The van der Waals surface area contributed by atoms with Crippen molar-refractivity contribution in [3.63, 3.8) is 0 Å². The average molecular weight is 323 g/mol. The summed E-state index contributed by atoms with van der Waals surface area (Å²) in [6.45, 7) is 4.17. The van der Waals surface area contributed by atoms with E-state index < -0.39 is 10.0 Å². The van der Waals surface area contributed by atoms with Gasteiger partial charge in [-0.3, -0.25) is 4.68 Å². The van der Waals surface area contributed by atoms with Gasteiger partial charge in [0.1, 0.15) is 10.7 Å². The van der Waals surface area contributed by atoms with Crippen LogP contribution in [0.2, 0.25) is 0 Å². The van der Waals surface area contributed by atoms with Crippen LogP contribution in [0.5, 0.6) is 0 Å². The predicted octanol–water partition coefficient (Wildman–Crippen LogP) is 1.30. The predicted molar refractivity (Wildman–Crippen MR) is 81.8 cm³/mol. The number of aryl methyl sites for hydroxylation is 4. The standard InChI is InChI=1S/C14H21N5O2S/c1-10-8-17(3)14(15-10)12-6-5-7-19(12)22(20,21)13-9-18(4)16-11(13)2/h8-9,12H,5-7H2,1-4H3. The summed E-state index contributed by atoms with van der Waals surface area (Å²) < 4.78 is 31.0. The first-order valence-electron chi connectivity index (χ1n) is 7.32. The first-order chi connectivity index (χ1) is 10.3. The highest BCUT2D eigenvalue weighted by Gasteiger charge is 2.39. The maximum atomic E-state index is 13.0. The van der Waals surface area contributed by atoms with E-state index in [0.717, 1.165) is 24.4 Å². The van der Waals surface area contributed by atoms with Gasteiger partial charge in [-0.05, 0) is 26.7 Å². The van der Waals surface area contributed by atoms with E-state index in [1.54, 1.807) is 24.5 Å². The average Bonchev–Trinajstić information content (AvgIpc) is 3.09. The number of imidazole rings is 1. The van der Waals surface area contributed by atoms with Gasteiger partial charge in [0.15, 0.2) is 0 Å². The van der Waals surface area contributed by atoms with Crippen LogP contribution in [0.3, 0.4) is 0 Å². The van der Waals surface area contributed by atoms with E-state index in [2.05, 4.69) is 10.1 Å². The number of hydrogen-bond acceptors (Lipinski definition) is 4. The Kier molecular flexibility index (Phi) is 3.60. The Morgan fingerprint density at radius 1 is 1.23 bits per heavy atom. The van der Waals surface area contributed by atoms with Gasteiger partial charge in [0, 0.05) is 33.0 Å². The van der Waals surface area contributed by atoms with Gasteiger partial charge in [0.2, 0.25) is 10.0 Å². The summed E-state index contributed by atoms with van der Waals surface area (Å²) in [5, 5.41) is 4.16. The maximum absolute atomic E-state index is 13.0. The van der Waals surface area contributed by atoms with Crippen LogP contribution in [0, 0.1) is 13.8 Å². The molecule has 0 N–H and O–H groups in total. The van der Waals surface area contributed by atoms with Gasteiger partial charge in [-0.2, -0.15) is 9.40 Å². The zero-order chi connectivity index (χ0) is 16.1. The molecule has 8 heteroatoms. The molecule has 2 aromatic heterocycles. The van der Waals surface area contributed by atoms with Crippen molar-refractivity contribution >= 4 is 10.0 Å². The Morgan fingerprint density at radius 2 is 1.95 bits per heavy atom. The van der Waals surface area contributed by atoms with Crippen LogP contribution < -0.4 is 0 Å². The molecule has 0 radical (unpaired) electrons. The molecule has 2 aromatic rings. The molecule has 0 amide bonds. The first kappa shape index (κ1) is 15.2. The van der Waals surface area contributed by atoms with Crippen LogP contribution in [0.25, 0.3) is 0 Å². The zero-order valence-corrected chi connectivity index (χ0v) is 14.1. The Labute approximate surface area is 130 Å². The first-order valence-corrected chi connectivity index (χ1v) is 8.76. The highest BCUT2D eigenvalue weighted by molar-refractivity contribution is 7.89. The summed E-state index contributed by atoms with van der Waals surface area (Å²) in [6.07, 6.45) is 5.13. The van der Waals surface area contributed by atoms with Gasteiger partial charge in [-0.15, -0.1) is 0 Å². The van der Waals surface area contributed by atoms with Crippen LogP contribution in [-0.2, 0) is 24.1 Å². The molecular formula is C14H21N5O2S. The van der Waals surface area contributed by atoms with Gasteiger partial charge in [-0.25, -0.2) is 13.4 Å². The number of hydrogen-bond donors (Lipinski definition) is 0. The van der Waals surface area contributed by atoms with Crippen LogP contribution >= 0.6 is 0 Å². The molecule has 1 aliphatic heterocycles. The lowest BCUT2D eigenvalue weighted by atomic mass is 10.2. The minimum Gasteiger partial charge on any atom is -0.336 e. The molecule has 1 unspecified atom stereocenters. The third kappa shape index (κ3) is 2.36. The molecule has 1 atom stereocenters. The van der Waals surface area contributed by atoms with Gasteiger partial charge in [-0.1, -0.05) is 0 Å². The van der Waals surface area contributed by atoms with Crippen molar-refractivity contribution in [2.24, 2.45) is 14.1 Å². The van der Waals surface area contributed by atoms with Crippen LogP contribution in [-0.4, -0.2) is 38.6 Å². The van der Waals surface area contributed by atoms with Gasteiger partial charge in [0.05, 0.1) is 17.4 Å². The molecule has 0 aliphatic carbocycles. The Bertz CT molecular complexity index is 805. The highest BCUT2D eigenvalue weighted by Crippen LogP contribution is 2.36. The Morgan fingerprint density at radius 3 is 2.50 bits per heavy atom. The molecule has 7 nitrogen and oxygen atoms in total. The van der Waals surface area contributed by atoms with E-state index >= 15 is 0 Å². The van der Waals surface area contributed by atoms with E-state index in [1.165, 1.54) is 4.68 Å². The molecule has 1 saturated heterocycles. The minimum atomic E-state index is -3.56. The molecule has 3 heterocycles. The van der Waals surface area contributed by atoms with E-state index in [0.29, 0.717) is 12.2 Å². The van der Waals surface area contributed by atoms with E-state index in [4.69, 9.17) is 0 Å². The van der Waals surface area contributed by atoms with Crippen molar-refractivity contribution in [2.45, 2.75) is 37.6 Å². The summed E-state index contributed by atoms with van der Waals surface area (Å²) in [4.78, 5) is 4.80. The smallest absolute Gasteiger partial charge is 0.247 e. The lowest BCUT2D eigenvalue weighted by Crippen LogP contribution is -2.32. The van der Waals surface area contributed by atoms with Crippen molar-refractivity contribution in [2.75, 3.05) is 6.54 Å². The van der Waals surface area contributed by atoms with E-state index in [-0.39, 0.29) is 10.9 Å². The lowest BCUT2D eigenvalue weighted by Gasteiger charge is -2.23. The third-order valence-electron chi connectivity index (χ3n) is 4.09. The minimum absolute atomic E-state index is 0.205. The Hall–Kier alpha value is -1.67. The van der Waals surface area contributed by atoms with Crippen LogP contribution in [0.1, 0.15) is 36.1 Å². The summed E-state index contributed by atoms with van der Waals surface area (Å²) in [5.41, 5.74) is 1.43. The van der Waals surface area contributed by atoms with Gasteiger partial charge in [0.25, 0.3) is 0 Å². The van der Waals surface area contributed by atoms with Crippen molar-refractivity contribution in [3.05, 3.63) is 29.6 Å². The summed E-state index contributed by atoms with van der Waals surface area (Å²) in [6, 6.07) is -0.205. The molecule has 0 spiro atoms. The van der Waals surface area contributed by atoms with E-state index in [1.807, 2.05) is 24.7 Å². The van der Waals surface area contributed by atoms with Crippen LogP contribution in [0.15, 0.2) is 17.3 Å². The highest BCUT2D eigenvalue weighted by atomic mass is 32.2. The lowest BCUT2D eigenvalue weighted by molar-refractivity contribution is 0.377.